The predicted molar refractivity (Wildman–Crippen MR) is 71.0 cm³/mol. The number of rotatable bonds is 0. The molecule has 0 fully saturated rings. The maximum Gasteiger partial charge on any atom is 0.125 e. The van der Waals surface area contributed by atoms with E-state index in [0.717, 1.165) is 23.7 Å². The van der Waals surface area contributed by atoms with Gasteiger partial charge in [0.2, 0.25) is 0 Å². The number of benzene rings is 2. The number of aryl methyl sites for hydroxylation is 1. The number of hydrogen-bond acceptors (Lipinski definition) is 2. The average molecular weight is 231 g/mol. The molecule has 0 aliphatic carbocycles. The van der Waals surface area contributed by atoms with Crippen molar-refractivity contribution >= 4 is 25.9 Å². The van der Waals surface area contributed by atoms with E-state index in [0.29, 0.717) is 5.75 Å². The van der Waals surface area contributed by atoms with E-state index >= 15 is 0 Å². The van der Waals surface area contributed by atoms with Crippen LogP contribution in [-0.4, -0.2) is 11.7 Å². The second-order valence-electron chi connectivity index (χ2n) is 4.25. The summed E-state index contributed by atoms with van der Waals surface area (Å²) >= 11 is 0. The highest BCUT2D eigenvalue weighted by molar-refractivity contribution is 7.19. The van der Waals surface area contributed by atoms with E-state index in [4.69, 9.17) is 0 Å². The van der Waals surface area contributed by atoms with Crippen LogP contribution in [0, 0.1) is 0 Å². The van der Waals surface area contributed by atoms with Crippen LogP contribution in [0.25, 0.3) is 10.8 Å². The normalized spacial score (nSPS) is 15.2. The highest BCUT2D eigenvalue weighted by atomic mass is 31.0. The summed E-state index contributed by atoms with van der Waals surface area (Å²) in [7, 11) is 2.75. The molecule has 1 heterocycles. The van der Waals surface area contributed by atoms with E-state index in [1.54, 1.807) is 6.07 Å². The number of hydrogen-bond donors (Lipinski definition) is 1. The van der Waals surface area contributed by atoms with Crippen LogP contribution in [-0.2, 0) is 6.42 Å². The molecule has 0 amide bonds. The number of phenols is 1. The van der Waals surface area contributed by atoms with Crippen LogP contribution in [0.15, 0.2) is 30.3 Å². The summed E-state index contributed by atoms with van der Waals surface area (Å²) < 4.78 is 2.17. The molecule has 0 saturated carbocycles. The molecule has 1 aliphatic heterocycles. The molecule has 82 valence electrons. The lowest BCUT2D eigenvalue weighted by atomic mass is 9.97. The average Bonchev–Trinajstić information content (AvgIpc) is 2.29. The maximum atomic E-state index is 10.0. The minimum atomic E-state index is 0.378. The smallest absolute Gasteiger partial charge is 0.125 e. The fraction of sp³-hybridized carbons (Fsp3) is 0.231. The largest absolute Gasteiger partial charge is 0.507 e. The van der Waals surface area contributed by atoms with Gasteiger partial charge >= 0.3 is 0 Å². The zero-order chi connectivity index (χ0) is 11.1. The van der Waals surface area contributed by atoms with Gasteiger partial charge in [0, 0.05) is 11.9 Å². The van der Waals surface area contributed by atoms with Crippen molar-refractivity contribution in [3.8, 4) is 5.75 Å². The zero-order valence-electron chi connectivity index (χ0n) is 8.98. The Kier molecular flexibility index (Phi) is 2.26. The summed E-state index contributed by atoms with van der Waals surface area (Å²) in [6.07, 6.45) is 2.28. The van der Waals surface area contributed by atoms with Crippen molar-refractivity contribution in [2.45, 2.75) is 12.8 Å². The molecular formula is C13H14NOP. The molecule has 2 nitrogen and oxygen atoms in total. The topological polar surface area (TPSA) is 23.5 Å². The van der Waals surface area contributed by atoms with E-state index in [1.165, 1.54) is 17.7 Å². The molecule has 1 N–H and O–H groups in total. The Hall–Kier alpha value is -1.27. The number of phenolic OH excluding ortho intramolecular Hbond substituents is 1. The van der Waals surface area contributed by atoms with Crippen molar-refractivity contribution in [2.75, 3.05) is 11.2 Å². The third-order valence-corrected chi connectivity index (χ3v) is 3.73. The molecule has 0 aromatic heterocycles. The van der Waals surface area contributed by atoms with Gasteiger partial charge in [0.25, 0.3) is 0 Å². The fourth-order valence-corrected chi connectivity index (χ4v) is 2.94. The number of anilines is 1. The lowest BCUT2D eigenvalue weighted by Crippen LogP contribution is -2.19. The molecule has 2 aromatic carbocycles. The van der Waals surface area contributed by atoms with E-state index < -0.39 is 0 Å². The van der Waals surface area contributed by atoms with Crippen LogP contribution >= 0.6 is 9.39 Å². The molecule has 1 aliphatic rings. The molecule has 0 spiro atoms. The second kappa shape index (κ2) is 3.64. The van der Waals surface area contributed by atoms with Crippen molar-refractivity contribution in [3.63, 3.8) is 0 Å². The van der Waals surface area contributed by atoms with Gasteiger partial charge in [-0.2, -0.15) is 0 Å². The third-order valence-electron chi connectivity index (χ3n) is 3.21. The minimum Gasteiger partial charge on any atom is -0.507 e. The fourth-order valence-electron chi connectivity index (χ4n) is 2.47. The van der Waals surface area contributed by atoms with Crippen LogP contribution in [0.2, 0.25) is 0 Å². The Morgan fingerprint density at radius 3 is 2.94 bits per heavy atom. The van der Waals surface area contributed by atoms with Crippen LogP contribution in [0.1, 0.15) is 12.0 Å². The highest BCUT2D eigenvalue weighted by Crippen LogP contribution is 2.40. The van der Waals surface area contributed by atoms with Crippen molar-refractivity contribution in [3.05, 3.63) is 35.9 Å². The molecule has 1 unspecified atom stereocenters. The van der Waals surface area contributed by atoms with Gasteiger partial charge in [0.15, 0.2) is 0 Å². The first-order valence-corrected chi connectivity index (χ1v) is 6.05. The summed E-state index contributed by atoms with van der Waals surface area (Å²) in [6.45, 7) is 1.03. The van der Waals surface area contributed by atoms with Gasteiger partial charge < -0.3 is 9.78 Å². The van der Waals surface area contributed by atoms with Gasteiger partial charge in [-0.3, -0.25) is 0 Å². The number of nitrogens with zero attached hydrogens (tertiary/aromatic N) is 1. The van der Waals surface area contributed by atoms with E-state index in [9.17, 15) is 5.11 Å². The van der Waals surface area contributed by atoms with Crippen LogP contribution in [0.5, 0.6) is 5.75 Å². The van der Waals surface area contributed by atoms with E-state index in [2.05, 4.69) is 26.2 Å². The quantitative estimate of drug-likeness (QED) is 0.704. The highest BCUT2D eigenvalue weighted by Gasteiger charge is 2.18. The minimum absolute atomic E-state index is 0.378. The molecule has 2 aromatic rings. The molecule has 0 bridgehead atoms. The van der Waals surface area contributed by atoms with Gasteiger partial charge in [-0.05, 0) is 39.2 Å². The van der Waals surface area contributed by atoms with Gasteiger partial charge in [-0.25, -0.2) is 0 Å². The van der Waals surface area contributed by atoms with Gasteiger partial charge in [-0.15, -0.1) is 0 Å². The Labute approximate surface area is 97.1 Å². The first-order valence-electron chi connectivity index (χ1n) is 5.53. The van der Waals surface area contributed by atoms with Gasteiger partial charge in [0.1, 0.15) is 5.75 Å². The second-order valence-corrected chi connectivity index (χ2v) is 4.87. The molecular weight excluding hydrogens is 217 g/mol. The summed E-state index contributed by atoms with van der Waals surface area (Å²) in [5, 5.41) is 12.1. The van der Waals surface area contributed by atoms with Crippen molar-refractivity contribution in [2.24, 2.45) is 0 Å². The zero-order valence-corrected chi connectivity index (χ0v) is 10.1. The molecule has 0 saturated heterocycles. The van der Waals surface area contributed by atoms with Crippen LogP contribution in [0.3, 0.4) is 0 Å². The standard InChI is InChI=1S/C13H14NOP/c15-11-5-1-3-9-6-7-10-4-2-8-14(16)13(10)12(9)11/h1,3,5-7,15H,2,4,8,16H2. The summed E-state index contributed by atoms with van der Waals surface area (Å²) in [5.41, 5.74) is 2.50. The number of aromatic hydroxyl groups is 1. The van der Waals surface area contributed by atoms with E-state index in [1.807, 2.05) is 12.1 Å². The monoisotopic (exact) mass is 231 g/mol. The Morgan fingerprint density at radius 2 is 2.06 bits per heavy atom. The van der Waals surface area contributed by atoms with Gasteiger partial charge in [0.05, 0.1) is 5.69 Å². The Morgan fingerprint density at radius 1 is 1.19 bits per heavy atom. The Bertz CT molecular complexity index is 553. The molecule has 1 atom stereocenters. The van der Waals surface area contributed by atoms with Crippen molar-refractivity contribution in [1.29, 1.82) is 0 Å². The van der Waals surface area contributed by atoms with Gasteiger partial charge in [-0.1, -0.05) is 24.3 Å². The summed E-state index contributed by atoms with van der Waals surface area (Å²) in [5.74, 6) is 0.378. The number of fused-ring (bicyclic) bond motifs is 3. The van der Waals surface area contributed by atoms with Crippen LogP contribution < -0.4 is 4.67 Å². The van der Waals surface area contributed by atoms with Crippen molar-refractivity contribution < 1.29 is 5.11 Å². The molecule has 3 rings (SSSR count). The van der Waals surface area contributed by atoms with Crippen LogP contribution in [0.4, 0.5) is 5.69 Å². The SMILES string of the molecule is Oc1cccc2ccc3c(c12)N(P)CCC3. The molecule has 16 heavy (non-hydrogen) atoms. The third kappa shape index (κ3) is 1.37. The summed E-state index contributed by atoms with van der Waals surface area (Å²) in [4.78, 5) is 0. The predicted octanol–water partition coefficient (Wildman–Crippen LogP) is 3.09. The molecule has 3 heteroatoms. The summed E-state index contributed by atoms with van der Waals surface area (Å²) in [6, 6.07) is 9.96. The van der Waals surface area contributed by atoms with E-state index in [-0.39, 0.29) is 0 Å². The first-order chi connectivity index (χ1) is 7.77. The lowest BCUT2D eigenvalue weighted by molar-refractivity contribution is 0.481. The molecule has 0 radical (unpaired) electrons. The lowest BCUT2D eigenvalue weighted by Gasteiger charge is -2.28. The first kappa shape index (κ1) is 9.92. The Balaban J connectivity index is 2.41. The maximum absolute atomic E-state index is 10.0. The van der Waals surface area contributed by atoms with Crippen molar-refractivity contribution in [1.82, 2.24) is 0 Å².